The number of benzene rings is 1. The molecule has 0 saturated carbocycles. The van der Waals surface area contributed by atoms with E-state index in [-0.39, 0.29) is 5.91 Å². The Kier molecular flexibility index (Phi) is 6.57. The number of nitrogens with zero attached hydrogens (tertiary/aromatic N) is 1. The molecule has 0 aliphatic carbocycles. The third-order valence-electron chi connectivity index (χ3n) is 2.80. The molecule has 0 fully saturated rings. The van der Waals surface area contributed by atoms with Crippen molar-refractivity contribution in [1.82, 2.24) is 10.3 Å². The van der Waals surface area contributed by atoms with Gasteiger partial charge in [0.05, 0.1) is 6.42 Å². The molecule has 0 saturated heterocycles. The summed E-state index contributed by atoms with van der Waals surface area (Å²) in [6.45, 7) is 9.82. The van der Waals surface area contributed by atoms with Gasteiger partial charge in [-0.05, 0) is 11.1 Å². The molecule has 4 heteroatoms. The Labute approximate surface area is 114 Å². The Morgan fingerprint density at radius 1 is 1.21 bits per heavy atom. The molecule has 1 aromatic carbocycles. The standard InChI is InChI=1S/C15H21N3O/c1-3-9-18(10-4-2)12-14-8-6-5-7-13(14)11-15(19)17-16/h3-8H,1-2,9-12,16H2,(H,17,19). The molecule has 0 aromatic heterocycles. The van der Waals surface area contributed by atoms with Gasteiger partial charge in [0.1, 0.15) is 0 Å². The van der Waals surface area contributed by atoms with Crippen LogP contribution in [0.15, 0.2) is 49.6 Å². The van der Waals surface area contributed by atoms with E-state index < -0.39 is 0 Å². The number of hydrogen-bond donors (Lipinski definition) is 2. The number of rotatable bonds is 8. The van der Waals surface area contributed by atoms with Gasteiger partial charge in [-0.2, -0.15) is 0 Å². The van der Waals surface area contributed by atoms with Crippen molar-refractivity contribution in [3.8, 4) is 0 Å². The highest BCUT2D eigenvalue weighted by molar-refractivity contribution is 5.78. The molecule has 0 radical (unpaired) electrons. The lowest BCUT2D eigenvalue weighted by Gasteiger charge is -2.20. The maximum Gasteiger partial charge on any atom is 0.238 e. The van der Waals surface area contributed by atoms with E-state index in [1.165, 1.54) is 0 Å². The minimum absolute atomic E-state index is 0.188. The molecule has 102 valence electrons. The lowest BCUT2D eigenvalue weighted by atomic mass is 10.0. The van der Waals surface area contributed by atoms with Crippen molar-refractivity contribution in [3.63, 3.8) is 0 Å². The van der Waals surface area contributed by atoms with Crippen molar-refractivity contribution >= 4 is 5.91 Å². The van der Waals surface area contributed by atoms with E-state index >= 15 is 0 Å². The highest BCUT2D eigenvalue weighted by Gasteiger charge is 2.09. The predicted octanol–water partition coefficient (Wildman–Crippen LogP) is 1.39. The van der Waals surface area contributed by atoms with Crippen LogP contribution >= 0.6 is 0 Å². The summed E-state index contributed by atoms with van der Waals surface area (Å²) in [4.78, 5) is 13.6. The monoisotopic (exact) mass is 259 g/mol. The molecular weight excluding hydrogens is 238 g/mol. The topological polar surface area (TPSA) is 58.4 Å². The summed E-state index contributed by atoms with van der Waals surface area (Å²) in [6, 6.07) is 7.87. The highest BCUT2D eigenvalue weighted by atomic mass is 16.2. The van der Waals surface area contributed by atoms with Gasteiger partial charge in [0.15, 0.2) is 0 Å². The summed E-state index contributed by atoms with van der Waals surface area (Å²) < 4.78 is 0. The average molecular weight is 259 g/mol. The molecular formula is C15H21N3O. The fourth-order valence-corrected chi connectivity index (χ4v) is 1.92. The molecule has 0 heterocycles. The van der Waals surface area contributed by atoms with Crippen LogP contribution in [0.4, 0.5) is 0 Å². The second-order valence-electron chi connectivity index (χ2n) is 4.28. The van der Waals surface area contributed by atoms with Crippen molar-refractivity contribution in [2.24, 2.45) is 5.84 Å². The zero-order valence-electron chi connectivity index (χ0n) is 11.1. The van der Waals surface area contributed by atoms with Crippen LogP contribution < -0.4 is 11.3 Å². The van der Waals surface area contributed by atoms with Crippen LogP contribution in [0, 0.1) is 0 Å². The molecule has 3 N–H and O–H groups in total. The normalized spacial score (nSPS) is 10.2. The average Bonchev–Trinajstić information content (AvgIpc) is 2.41. The second-order valence-corrected chi connectivity index (χ2v) is 4.28. The molecule has 0 bridgehead atoms. The van der Waals surface area contributed by atoms with E-state index in [0.717, 1.165) is 30.8 Å². The first kappa shape index (κ1) is 15.1. The largest absolute Gasteiger partial charge is 0.294 e. The third kappa shape index (κ3) is 5.07. The summed E-state index contributed by atoms with van der Waals surface area (Å²) in [5.74, 6) is 4.94. The zero-order chi connectivity index (χ0) is 14.1. The lowest BCUT2D eigenvalue weighted by molar-refractivity contribution is -0.120. The minimum atomic E-state index is -0.188. The molecule has 0 aliphatic heterocycles. The summed E-state index contributed by atoms with van der Waals surface area (Å²) in [7, 11) is 0. The number of nitrogens with one attached hydrogen (secondary N) is 1. The number of carbonyl (C=O) groups is 1. The summed E-state index contributed by atoms with van der Waals surface area (Å²) in [6.07, 6.45) is 4.01. The number of amides is 1. The lowest BCUT2D eigenvalue weighted by Crippen LogP contribution is -2.32. The van der Waals surface area contributed by atoms with E-state index in [4.69, 9.17) is 5.84 Å². The van der Waals surface area contributed by atoms with Gasteiger partial charge in [-0.3, -0.25) is 15.1 Å². The Morgan fingerprint density at radius 3 is 2.32 bits per heavy atom. The number of hydrazine groups is 1. The van der Waals surface area contributed by atoms with Gasteiger partial charge >= 0.3 is 0 Å². The van der Waals surface area contributed by atoms with E-state index in [1.807, 2.05) is 36.4 Å². The first-order valence-electron chi connectivity index (χ1n) is 6.21. The number of nitrogens with two attached hydrogens (primary N) is 1. The fraction of sp³-hybridized carbons (Fsp3) is 0.267. The summed E-state index contributed by atoms with van der Waals surface area (Å²) >= 11 is 0. The Morgan fingerprint density at radius 2 is 1.79 bits per heavy atom. The maximum atomic E-state index is 11.4. The SMILES string of the molecule is C=CCN(CC=C)Cc1ccccc1CC(=O)NN. The molecule has 0 atom stereocenters. The Bertz CT molecular complexity index is 433. The zero-order valence-corrected chi connectivity index (χ0v) is 11.1. The number of hydrogen-bond acceptors (Lipinski definition) is 3. The maximum absolute atomic E-state index is 11.4. The van der Waals surface area contributed by atoms with Gasteiger partial charge in [0.25, 0.3) is 0 Å². The van der Waals surface area contributed by atoms with Gasteiger partial charge in [-0.15, -0.1) is 13.2 Å². The van der Waals surface area contributed by atoms with E-state index in [1.54, 1.807) is 0 Å². The molecule has 19 heavy (non-hydrogen) atoms. The van der Waals surface area contributed by atoms with Crippen LogP contribution in [-0.2, 0) is 17.8 Å². The molecule has 0 spiro atoms. The molecule has 0 unspecified atom stereocenters. The first-order valence-corrected chi connectivity index (χ1v) is 6.21. The van der Waals surface area contributed by atoms with Crippen molar-refractivity contribution in [3.05, 3.63) is 60.7 Å². The minimum Gasteiger partial charge on any atom is -0.294 e. The van der Waals surface area contributed by atoms with Gasteiger partial charge in [0, 0.05) is 19.6 Å². The quantitative estimate of drug-likeness (QED) is 0.321. The smallest absolute Gasteiger partial charge is 0.238 e. The molecule has 4 nitrogen and oxygen atoms in total. The molecule has 1 aromatic rings. The van der Waals surface area contributed by atoms with Gasteiger partial charge in [-0.25, -0.2) is 5.84 Å². The van der Waals surface area contributed by atoms with Crippen LogP contribution in [0.2, 0.25) is 0 Å². The van der Waals surface area contributed by atoms with Gasteiger partial charge in [0.2, 0.25) is 5.91 Å². The van der Waals surface area contributed by atoms with Crippen LogP contribution in [0.3, 0.4) is 0 Å². The fourth-order valence-electron chi connectivity index (χ4n) is 1.92. The van der Waals surface area contributed by atoms with Gasteiger partial charge in [-0.1, -0.05) is 36.4 Å². The van der Waals surface area contributed by atoms with E-state index in [9.17, 15) is 4.79 Å². The van der Waals surface area contributed by atoms with Gasteiger partial charge < -0.3 is 0 Å². The van der Waals surface area contributed by atoms with Crippen LogP contribution in [0.25, 0.3) is 0 Å². The van der Waals surface area contributed by atoms with Crippen molar-refractivity contribution in [2.75, 3.05) is 13.1 Å². The van der Waals surface area contributed by atoms with Crippen LogP contribution in [0.5, 0.6) is 0 Å². The third-order valence-corrected chi connectivity index (χ3v) is 2.80. The number of carbonyl (C=O) groups excluding carboxylic acids is 1. The Balaban J connectivity index is 2.83. The second kappa shape index (κ2) is 8.24. The predicted molar refractivity (Wildman–Crippen MR) is 78.1 cm³/mol. The van der Waals surface area contributed by atoms with Crippen molar-refractivity contribution < 1.29 is 4.79 Å². The van der Waals surface area contributed by atoms with Crippen LogP contribution in [0.1, 0.15) is 11.1 Å². The highest BCUT2D eigenvalue weighted by Crippen LogP contribution is 2.12. The van der Waals surface area contributed by atoms with Crippen LogP contribution in [-0.4, -0.2) is 23.9 Å². The first-order chi connectivity index (χ1) is 9.21. The van der Waals surface area contributed by atoms with E-state index in [0.29, 0.717) is 6.42 Å². The summed E-state index contributed by atoms with van der Waals surface area (Å²) in [5.41, 5.74) is 4.27. The van der Waals surface area contributed by atoms with Crippen molar-refractivity contribution in [1.29, 1.82) is 0 Å². The Hall–Kier alpha value is -1.91. The van der Waals surface area contributed by atoms with E-state index in [2.05, 4.69) is 23.5 Å². The molecule has 1 amide bonds. The van der Waals surface area contributed by atoms with Crippen molar-refractivity contribution in [2.45, 2.75) is 13.0 Å². The molecule has 1 rings (SSSR count). The molecule has 0 aliphatic rings. The summed E-state index contributed by atoms with van der Waals surface area (Å²) in [5, 5.41) is 0.